The minimum absolute atomic E-state index is 0.0411. The van der Waals surface area contributed by atoms with E-state index in [4.69, 9.17) is 0 Å². The van der Waals surface area contributed by atoms with Crippen molar-refractivity contribution < 1.29 is 4.79 Å². The van der Waals surface area contributed by atoms with Crippen molar-refractivity contribution in [3.63, 3.8) is 0 Å². The van der Waals surface area contributed by atoms with Crippen LogP contribution in [0.4, 0.5) is 4.79 Å². The molecule has 3 heteroatoms. The molecule has 1 fully saturated rings. The lowest BCUT2D eigenvalue weighted by atomic mass is 10.2. The average molecular weight is 170 g/mol. The summed E-state index contributed by atoms with van der Waals surface area (Å²) in [6.07, 6.45) is 1.10. The Balaban J connectivity index is 2.21. The first-order valence-corrected chi connectivity index (χ1v) is 4.49. The number of nitrogens with one attached hydrogen (secondary N) is 2. The molecule has 0 spiro atoms. The van der Waals surface area contributed by atoms with E-state index >= 15 is 0 Å². The van der Waals surface area contributed by atoms with Crippen molar-refractivity contribution in [1.29, 1.82) is 0 Å². The molecule has 1 aliphatic carbocycles. The summed E-state index contributed by atoms with van der Waals surface area (Å²) in [5.74, 6) is 0. The maximum absolute atomic E-state index is 11.2. The highest BCUT2D eigenvalue weighted by atomic mass is 16.2. The molecule has 0 aromatic heterocycles. The van der Waals surface area contributed by atoms with Gasteiger partial charge in [0.2, 0.25) is 0 Å². The van der Waals surface area contributed by atoms with Crippen molar-refractivity contribution in [1.82, 2.24) is 10.6 Å². The van der Waals surface area contributed by atoms with Gasteiger partial charge in [-0.1, -0.05) is 13.8 Å². The average Bonchev–Trinajstić information content (AvgIpc) is 2.35. The van der Waals surface area contributed by atoms with Crippen molar-refractivity contribution in [2.45, 2.75) is 46.2 Å². The van der Waals surface area contributed by atoms with Gasteiger partial charge in [0.1, 0.15) is 0 Å². The lowest BCUT2D eigenvalue weighted by Crippen LogP contribution is -2.41. The number of amides is 2. The van der Waals surface area contributed by atoms with Gasteiger partial charge >= 0.3 is 6.03 Å². The fraction of sp³-hybridized carbons (Fsp3) is 0.889. The zero-order valence-electron chi connectivity index (χ0n) is 8.27. The van der Waals surface area contributed by atoms with E-state index in [1.807, 2.05) is 13.8 Å². The van der Waals surface area contributed by atoms with Gasteiger partial charge in [0.15, 0.2) is 0 Å². The molecule has 2 amide bonds. The fourth-order valence-electron chi connectivity index (χ4n) is 1.18. The van der Waals surface area contributed by atoms with Crippen LogP contribution in [0.15, 0.2) is 0 Å². The van der Waals surface area contributed by atoms with Gasteiger partial charge in [-0.05, 0) is 25.7 Å². The smallest absolute Gasteiger partial charge is 0.315 e. The van der Waals surface area contributed by atoms with E-state index in [-0.39, 0.29) is 12.1 Å². The first-order valence-electron chi connectivity index (χ1n) is 4.49. The molecule has 0 bridgehead atoms. The minimum atomic E-state index is -0.0411. The van der Waals surface area contributed by atoms with Crippen LogP contribution in [-0.4, -0.2) is 18.1 Å². The van der Waals surface area contributed by atoms with E-state index < -0.39 is 0 Å². The number of hydrogen-bond donors (Lipinski definition) is 2. The Morgan fingerprint density at radius 3 is 2.33 bits per heavy atom. The molecule has 0 radical (unpaired) electrons. The second kappa shape index (κ2) is 2.96. The number of carbonyl (C=O) groups is 1. The summed E-state index contributed by atoms with van der Waals surface area (Å²) in [7, 11) is 0. The topological polar surface area (TPSA) is 41.1 Å². The van der Waals surface area contributed by atoms with Crippen molar-refractivity contribution in [2.75, 3.05) is 0 Å². The lowest BCUT2D eigenvalue weighted by molar-refractivity contribution is 0.237. The van der Waals surface area contributed by atoms with E-state index in [1.54, 1.807) is 0 Å². The zero-order chi connectivity index (χ0) is 9.35. The Kier molecular flexibility index (Phi) is 2.31. The second-order valence-corrected chi connectivity index (χ2v) is 4.52. The van der Waals surface area contributed by atoms with Gasteiger partial charge < -0.3 is 10.6 Å². The summed E-state index contributed by atoms with van der Waals surface area (Å²) in [6.45, 7) is 8.23. The van der Waals surface area contributed by atoms with Gasteiger partial charge in [-0.25, -0.2) is 4.79 Å². The largest absolute Gasteiger partial charge is 0.336 e. The van der Waals surface area contributed by atoms with Gasteiger partial charge in [0, 0.05) is 12.1 Å². The van der Waals surface area contributed by atoms with Crippen LogP contribution in [0.25, 0.3) is 0 Å². The van der Waals surface area contributed by atoms with Gasteiger partial charge in [0.25, 0.3) is 0 Å². The summed E-state index contributed by atoms with van der Waals surface area (Å²) < 4.78 is 0. The van der Waals surface area contributed by atoms with Crippen LogP contribution in [0, 0.1) is 5.41 Å². The Morgan fingerprint density at radius 2 is 2.00 bits per heavy atom. The summed E-state index contributed by atoms with van der Waals surface area (Å²) in [5.41, 5.74) is 0.314. The highest BCUT2D eigenvalue weighted by Crippen LogP contribution is 2.44. The Bertz CT molecular complexity index is 187. The van der Waals surface area contributed by atoms with Gasteiger partial charge in [-0.3, -0.25) is 0 Å². The van der Waals surface area contributed by atoms with E-state index in [0.717, 1.165) is 6.42 Å². The third-order valence-electron chi connectivity index (χ3n) is 2.24. The van der Waals surface area contributed by atoms with Crippen molar-refractivity contribution in [3.8, 4) is 0 Å². The maximum atomic E-state index is 11.2. The highest BCUT2D eigenvalue weighted by molar-refractivity contribution is 5.75. The van der Waals surface area contributed by atoms with Crippen molar-refractivity contribution in [2.24, 2.45) is 5.41 Å². The second-order valence-electron chi connectivity index (χ2n) is 4.52. The maximum Gasteiger partial charge on any atom is 0.315 e. The number of carbonyl (C=O) groups excluding carboxylic acids is 1. The molecule has 1 atom stereocenters. The van der Waals surface area contributed by atoms with Crippen LogP contribution < -0.4 is 10.6 Å². The molecule has 1 rings (SSSR count). The number of urea groups is 1. The molecular formula is C9H18N2O. The Morgan fingerprint density at radius 1 is 1.50 bits per heavy atom. The van der Waals surface area contributed by atoms with Gasteiger partial charge in [-0.15, -0.1) is 0 Å². The van der Waals surface area contributed by atoms with Crippen molar-refractivity contribution in [3.05, 3.63) is 0 Å². The highest BCUT2D eigenvalue weighted by Gasteiger charge is 2.46. The minimum Gasteiger partial charge on any atom is -0.336 e. The molecule has 1 unspecified atom stereocenters. The molecule has 1 saturated carbocycles. The monoisotopic (exact) mass is 170 g/mol. The molecule has 3 nitrogen and oxygen atoms in total. The SMILES string of the molecule is CC(C)NC(=O)NC1CC1(C)C. The summed E-state index contributed by atoms with van der Waals surface area (Å²) in [6, 6.07) is 0.545. The zero-order valence-corrected chi connectivity index (χ0v) is 8.27. The van der Waals surface area contributed by atoms with Gasteiger partial charge in [0.05, 0.1) is 0 Å². The van der Waals surface area contributed by atoms with E-state index in [9.17, 15) is 4.79 Å². The van der Waals surface area contributed by atoms with Crippen LogP contribution in [0.3, 0.4) is 0 Å². The van der Waals surface area contributed by atoms with Crippen LogP contribution in [0.2, 0.25) is 0 Å². The Labute approximate surface area is 73.9 Å². The standard InChI is InChI=1S/C9H18N2O/c1-6(2)10-8(12)11-7-5-9(7,3)4/h6-7H,5H2,1-4H3,(H2,10,11,12). The molecule has 70 valence electrons. The third kappa shape index (κ3) is 2.40. The molecule has 0 aliphatic heterocycles. The predicted molar refractivity (Wildman–Crippen MR) is 49.0 cm³/mol. The van der Waals surface area contributed by atoms with E-state index in [0.29, 0.717) is 11.5 Å². The van der Waals surface area contributed by atoms with E-state index in [2.05, 4.69) is 24.5 Å². The van der Waals surface area contributed by atoms with Crippen LogP contribution >= 0.6 is 0 Å². The molecular weight excluding hydrogens is 152 g/mol. The molecule has 0 heterocycles. The predicted octanol–water partition coefficient (Wildman–Crippen LogP) is 1.49. The molecule has 2 N–H and O–H groups in total. The Hall–Kier alpha value is -0.730. The first kappa shape index (κ1) is 9.36. The molecule has 0 aromatic carbocycles. The van der Waals surface area contributed by atoms with E-state index in [1.165, 1.54) is 0 Å². The molecule has 0 saturated heterocycles. The summed E-state index contributed by atoms with van der Waals surface area (Å²) >= 11 is 0. The molecule has 0 aromatic rings. The molecule has 1 aliphatic rings. The summed E-state index contributed by atoms with van der Waals surface area (Å²) in [5, 5.41) is 5.73. The van der Waals surface area contributed by atoms with Gasteiger partial charge in [-0.2, -0.15) is 0 Å². The lowest BCUT2D eigenvalue weighted by Gasteiger charge is -2.10. The first-order chi connectivity index (χ1) is 5.42. The number of hydrogen-bond acceptors (Lipinski definition) is 1. The normalized spacial score (nSPS) is 25.2. The summed E-state index contributed by atoms with van der Waals surface area (Å²) in [4.78, 5) is 11.2. The van der Waals surface area contributed by atoms with Crippen LogP contribution in [0.5, 0.6) is 0 Å². The van der Waals surface area contributed by atoms with Crippen LogP contribution in [-0.2, 0) is 0 Å². The fourth-order valence-corrected chi connectivity index (χ4v) is 1.18. The molecule has 12 heavy (non-hydrogen) atoms. The third-order valence-corrected chi connectivity index (χ3v) is 2.24. The quantitative estimate of drug-likeness (QED) is 0.647. The van der Waals surface area contributed by atoms with Crippen LogP contribution in [0.1, 0.15) is 34.1 Å². The number of rotatable bonds is 2. The van der Waals surface area contributed by atoms with Crippen molar-refractivity contribution >= 4 is 6.03 Å².